The van der Waals surface area contributed by atoms with Gasteiger partial charge in [0.25, 0.3) is 0 Å². The molecule has 0 fully saturated rings. The minimum Gasteiger partial charge on any atom is -0.308 e. The molecule has 0 atom stereocenters. The molecule has 0 aliphatic carbocycles. The maximum Gasteiger partial charge on any atom is 0.433 e. The fourth-order valence-corrected chi connectivity index (χ4v) is 2.60. The van der Waals surface area contributed by atoms with Gasteiger partial charge in [-0.25, -0.2) is 9.48 Å². The highest BCUT2D eigenvalue weighted by Crippen LogP contribution is 2.30. The first-order valence-corrected chi connectivity index (χ1v) is 8.17. The van der Waals surface area contributed by atoms with Crippen LogP contribution in [0.25, 0.3) is 5.69 Å². The molecule has 1 aromatic heterocycles. The minimum atomic E-state index is -4.51. The number of halogens is 4. The van der Waals surface area contributed by atoms with Crippen molar-refractivity contribution in [1.29, 1.82) is 0 Å². The molecule has 2 amide bonds. The summed E-state index contributed by atoms with van der Waals surface area (Å²) in [5, 5.41) is 9.47. The summed E-state index contributed by atoms with van der Waals surface area (Å²) in [6, 6.07) is 11.3. The van der Waals surface area contributed by atoms with E-state index in [4.69, 9.17) is 11.6 Å². The maximum absolute atomic E-state index is 13.0. The standard InChI is InChI=1S/C18H14ClF3N4O/c1-11-2-3-12(19)10-15(11)25-17(27)24-13-4-6-14(7-5-13)26-16(8-9-23-26)18(20,21)22/h2-10H,1H3,(H2,24,25,27). The topological polar surface area (TPSA) is 59.0 Å². The van der Waals surface area contributed by atoms with Gasteiger partial charge in [-0.2, -0.15) is 18.3 Å². The van der Waals surface area contributed by atoms with Crippen molar-refractivity contribution in [3.8, 4) is 5.69 Å². The number of alkyl halides is 3. The molecule has 3 aromatic rings. The van der Waals surface area contributed by atoms with Crippen LogP contribution in [0.1, 0.15) is 11.3 Å². The van der Waals surface area contributed by atoms with E-state index in [1.54, 1.807) is 18.2 Å². The monoisotopic (exact) mass is 394 g/mol. The highest BCUT2D eigenvalue weighted by Gasteiger charge is 2.35. The number of amides is 2. The third-order valence-corrected chi connectivity index (χ3v) is 3.99. The first-order chi connectivity index (χ1) is 12.7. The Balaban J connectivity index is 1.72. The first kappa shape index (κ1) is 18.8. The zero-order valence-electron chi connectivity index (χ0n) is 14.0. The minimum absolute atomic E-state index is 0.226. The van der Waals surface area contributed by atoms with E-state index in [-0.39, 0.29) is 5.69 Å². The molecule has 27 heavy (non-hydrogen) atoms. The Morgan fingerprint density at radius 3 is 2.44 bits per heavy atom. The summed E-state index contributed by atoms with van der Waals surface area (Å²) < 4.78 is 39.6. The summed E-state index contributed by atoms with van der Waals surface area (Å²) in [6.07, 6.45) is -3.43. The Morgan fingerprint density at radius 1 is 1.07 bits per heavy atom. The van der Waals surface area contributed by atoms with Crippen molar-refractivity contribution >= 4 is 29.0 Å². The average Bonchev–Trinajstić information content (AvgIpc) is 3.09. The lowest BCUT2D eigenvalue weighted by atomic mass is 10.2. The van der Waals surface area contributed by atoms with Gasteiger partial charge < -0.3 is 10.6 Å². The third-order valence-electron chi connectivity index (χ3n) is 3.75. The number of urea groups is 1. The lowest BCUT2D eigenvalue weighted by Crippen LogP contribution is -2.20. The van der Waals surface area contributed by atoms with Gasteiger partial charge in [0.2, 0.25) is 0 Å². The molecule has 9 heteroatoms. The molecule has 0 saturated heterocycles. The van der Waals surface area contributed by atoms with Gasteiger partial charge in [-0.1, -0.05) is 17.7 Å². The van der Waals surface area contributed by atoms with Crippen LogP contribution in [0, 0.1) is 6.92 Å². The zero-order valence-corrected chi connectivity index (χ0v) is 14.8. The van der Waals surface area contributed by atoms with E-state index < -0.39 is 17.9 Å². The van der Waals surface area contributed by atoms with Crippen LogP contribution in [0.5, 0.6) is 0 Å². The maximum atomic E-state index is 13.0. The second kappa shape index (κ2) is 7.32. The van der Waals surface area contributed by atoms with Gasteiger partial charge in [-0.3, -0.25) is 0 Å². The Kier molecular flexibility index (Phi) is 5.09. The predicted octanol–water partition coefficient (Wildman–Crippen LogP) is 5.50. The third kappa shape index (κ3) is 4.40. The molecule has 0 radical (unpaired) electrons. The van der Waals surface area contributed by atoms with Crippen molar-refractivity contribution < 1.29 is 18.0 Å². The van der Waals surface area contributed by atoms with Crippen LogP contribution in [0.15, 0.2) is 54.7 Å². The number of nitrogens with zero attached hydrogens (tertiary/aromatic N) is 2. The number of benzene rings is 2. The molecule has 0 aliphatic rings. The van der Waals surface area contributed by atoms with Crippen LogP contribution in [-0.2, 0) is 6.18 Å². The highest BCUT2D eigenvalue weighted by atomic mass is 35.5. The molecule has 0 unspecified atom stereocenters. The van der Waals surface area contributed by atoms with E-state index in [0.29, 0.717) is 16.4 Å². The molecule has 0 aliphatic heterocycles. The molecular formula is C18H14ClF3N4O. The molecule has 2 aromatic carbocycles. The van der Waals surface area contributed by atoms with E-state index >= 15 is 0 Å². The summed E-state index contributed by atoms with van der Waals surface area (Å²) in [5.41, 5.74) is 1.16. The van der Waals surface area contributed by atoms with E-state index in [2.05, 4.69) is 15.7 Å². The van der Waals surface area contributed by atoms with Crippen molar-refractivity contribution in [2.45, 2.75) is 13.1 Å². The first-order valence-electron chi connectivity index (χ1n) is 7.80. The van der Waals surface area contributed by atoms with Gasteiger partial charge in [0.05, 0.1) is 11.9 Å². The zero-order chi connectivity index (χ0) is 19.6. The number of hydrogen-bond donors (Lipinski definition) is 2. The molecule has 2 N–H and O–H groups in total. The van der Waals surface area contributed by atoms with Gasteiger partial charge in [0, 0.05) is 16.4 Å². The normalized spacial score (nSPS) is 11.3. The number of rotatable bonds is 3. The number of hydrogen-bond acceptors (Lipinski definition) is 2. The summed E-state index contributed by atoms with van der Waals surface area (Å²) in [4.78, 5) is 12.1. The van der Waals surface area contributed by atoms with Crippen molar-refractivity contribution in [1.82, 2.24) is 9.78 Å². The highest BCUT2D eigenvalue weighted by molar-refractivity contribution is 6.31. The van der Waals surface area contributed by atoms with E-state index in [9.17, 15) is 18.0 Å². The van der Waals surface area contributed by atoms with Gasteiger partial charge in [0.1, 0.15) is 5.69 Å². The quantitative estimate of drug-likeness (QED) is 0.616. The van der Waals surface area contributed by atoms with Crippen molar-refractivity contribution in [2.75, 3.05) is 10.6 Å². The number of carbonyl (C=O) groups is 1. The number of anilines is 2. The van der Waals surface area contributed by atoms with Gasteiger partial charge in [-0.05, 0) is 55.0 Å². The molecular weight excluding hydrogens is 381 g/mol. The summed E-state index contributed by atoms with van der Waals surface area (Å²) in [7, 11) is 0. The largest absolute Gasteiger partial charge is 0.433 e. The number of aromatic nitrogens is 2. The molecule has 3 rings (SSSR count). The average molecular weight is 395 g/mol. The van der Waals surface area contributed by atoms with Crippen LogP contribution in [0.4, 0.5) is 29.3 Å². The van der Waals surface area contributed by atoms with Crippen LogP contribution in [0.3, 0.4) is 0 Å². The number of carbonyl (C=O) groups excluding carboxylic acids is 1. The predicted molar refractivity (Wildman–Crippen MR) is 97.4 cm³/mol. The second-order valence-electron chi connectivity index (χ2n) is 5.71. The molecule has 1 heterocycles. The van der Waals surface area contributed by atoms with Crippen LogP contribution < -0.4 is 10.6 Å². The molecule has 5 nitrogen and oxygen atoms in total. The lowest BCUT2D eigenvalue weighted by Gasteiger charge is -2.12. The van der Waals surface area contributed by atoms with Gasteiger partial charge in [0.15, 0.2) is 0 Å². The molecule has 0 spiro atoms. The van der Waals surface area contributed by atoms with Gasteiger partial charge in [-0.15, -0.1) is 0 Å². The van der Waals surface area contributed by atoms with Crippen LogP contribution in [-0.4, -0.2) is 15.8 Å². The van der Waals surface area contributed by atoms with E-state index in [1.165, 1.54) is 24.3 Å². The van der Waals surface area contributed by atoms with Crippen molar-refractivity contribution in [3.63, 3.8) is 0 Å². The summed E-state index contributed by atoms with van der Waals surface area (Å²) >= 11 is 5.91. The summed E-state index contributed by atoms with van der Waals surface area (Å²) in [6.45, 7) is 1.82. The number of aryl methyl sites for hydroxylation is 1. The van der Waals surface area contributed by atoms with Crippen molar-refractivity contribution in [3.05, 3.63) is 71.0 Å². The Bertz CT molecular complexity index is 967. The molecule has 0 saturated carbocycles. The van der Waals surface area contributed by atoms with Crippen molar-refractivity contribution in [2.24, 2.45) is 0 Å². The molecule has 0 bridgehead atoms. The second-order valence-corrected chi connectivity index (χ2v) is 6.15. The lowest BCUT2D eigenvalue weighted by molar-refractivity contribution is -0.142. The Hall–Kier alpha value is -3.00. The Morgan fingerprint density at radius 2 is 1.78 bits per heavy atom. The molecule has 140 valence electrons. The fraction of sp³-hybridized carbons (Fsp3) is 0.111. The SMILES string of the molecule is Cc1ccc(Cl)cc1NC(=O)Nc1ccc(-n2nccc2C(F)(F)F)cc1. The van der Waals surface area contributed by atoms with E-state index in [0.717, 1.165) is 22.5 Å². The van der Waals surface area contributed by atoms with Gasteiger partial charge >= 0.3 is 12.2 Å². The Labute approximate surface area is 157 Å². The number of nitrogens with one attached hydrogen (secondary N) is 2. The fourth-order valence-electron chi connectivity index (χ4n) is 2.42. The smallest absolute Gasteiger partial charge is 0.308 e. The van der Waals surface area contributed by atoms with E-state index in [1.807, 2.05) is 6.92 Å². The van der Waals surface area contributed by atoms with Crippen LogP contribution in [0.2, 0.25) is 5.02 Å². The summed E-state index contributed by atoms with van der Waals surface area (Å²) in [5.74, 6) is 0. The van der Waals surface area contributed by atoms with Crippen LogP contribution >= 0.6 is 11.6 Å².